The van der Waals surface area contributed by atoms with Crippen LogP contribution in [-0.4, -0.2) is 13.7 Å². The van der Waals surface area contributed by atoms with Gasteiger partial charge in [0.05, 0.1) is 23.2 Å². The Balaban J connectivity index is 1.46. The fourth-order valence-electron chi connectivity index (χ4n) is 4.61. The summed E-state index contributed by atoms with van der Waals surface area (Å²) in [5.74, 6) is 0.721. The van der Waals surface area contributed by atoms with Crippen molar-refractivity contribution in [2.75, 3.05) is 13.7 Å². The monoisotopic (exact) mass is 514 g/mol. The van der Waals surface area contributed by atoms with Crippen molar-refractivity contribution in [1.29, 1.82) is 5.26 Å². The molecule has 0 saturated heterocycles. The van der Waals surface area contributed by atoms with Crippen molar-refractivity contribution in [3.05, 3.63) is 124 Å². The normalized spacial score (nSPS) is 11.2. The highest BCUT2D eigenvalue weighted by atomic mass is 35.5. The van der Waals surface area contributed by atoms with Crippen LogP contribution < -0.4 is 10.1 Å². The highest BCUT2D eigenvalue weighted by Gasteiger charge is 2.33. The smallest absolute Gasteiger partial charge is 0.126 e. The molecule has 36 heavy (non-hydrogen) atoms. The van der Waals surface area contributed by atoms with Gasteiger partial charge in [-0.2, -0.15) is 5.26 Å². The molecule has 0 aliphatic carbocycles. The van der Waals surface area contributed by atoms with Crippen molar-refractivity contribution >= 4 is 23.2 Å². The van der Waals surface area contributed by atoms with Gasteiger partial charge in [-0.05, 0) is 60.3 Å². The van der Waals surface area contributed by atoms with Crippen LogP contribution in [0.2, 0.25) is 10.0 Å². The van der Waals surface area contributed by atoms with E-state index in [9.17, 15) is 5.26 Å². The molecule has 0 aliphatic heterocycles. The maximum atomic E-state index is 10.3. The van der Waals surface area contributed by atoms with Crippen molar-refractivity contribution in [2.45, 2.75) is 24.8 Å². The highest BCUT2D eigenvalue weighted by molar-refractivity contribution is 6.39. The van der Waals surface area contributed by atoms with Crippen LogP contribution in [0, 0.1) is 11.3 Å². The molecule has 0 bridgehead atoms. The Bertz CT molecular complexity index is 1270. The van der Waals surface area contributed by atoms with Gasteiger partial charge in [0.1, 0.15) is 11.2 Å². The maximum Gasteiger partial charge on any atom is 0.126 e. The van der Waals surface area contributed by atoms with Gasteiger partial charge in [-0.25, -0.2) is 0 Å². The van der Waals surface area contributed by atoms with Crippen molar-refractivity contribution in [3.63, 3.8) is 0 Å². The van der Waals surface area contributed by atoms with E-state index in [0.717, 1.165) is 46.5 Å². The van der Waals surface area contributed by atoms with Gasteiger partial charge in [0.25, 0.3) is 0 Å². The van der Waals surface area contributed by atoms with Crippen LogP contribution in [0.5, 0.6) is 5.75 Å². The number of rotatable bonds is 10. The summed E-state index contributed by atoms with van der Waals surface area (Å²) in [6.45, 7) is 1.45. The summed E-state index contributed by atoms with van der Waals surface area (Å²) in [5, 5.41) is 15.0. The third-order valence-corrected chi connectivity index (χ3v) is 7.08. The fraction of sp³-hybridized carbons (Fsp3) is 0.194. The lowest BCUT2D eigenvalue weighted by atomic mass is 9.72. The third kappa shape index (κ3) is 5.58. The molecule has 0 amide bonds. The van der Waals surface area contributed by atoms with Gasteiger partial charge in [0.2, 0.25) is 0 Å². The van der Waals surface area contributed by atoms with E-state index in [1.807, 2.05) is 91.0 Å². The maximum absolute atomic E-state index is 10.3. The Labute approximate surface area is 223 Å². The van der Waals surface area contributed by atoms with E-state index in [-0.39, 0.29) is 0 Å². The van der Waals surface area contributed by atoms with Crippen molar-refractivity contribution < 1.29 is 4.74 Å². The first kappa shape index (κ1) is 25.8. The number of nitrogens with zero attached hydrogens (tertiary/aromatic N) is 1. The van der Waals surface area contributed by atoms with Gasteiger partial charge in [-0.3, -0.25) is 0 Å². The average Bonchev–Trinajstić information content (AvgIpc) is 2.92. The Kier molecular flexibility index (Phi) is 8.67. The molecule has 0 fully saturated rings. The first-order chi connectivity index (χ1) is 17.6. The van der Waals surface area contributed by atoms with Crippen molar-refractivity contribution in [2.24, 2.45) is 0 Å². The van der Waals surface area contributed by atoms with Gasteiger partial charge in [0.15, 0.2) is 0 Å². The SMILES string of the molecule is COc1ccc(CNCCCC(C#N)(c2ccccc2)c2ccccc2)cc1-c1c(Cl)cccc1Cl. The molecule has 3 nitrogen and oxygen atoms in total. The summed E-state index contributed by atoms with van der Waals surface area (Å²) in [7, 11) is 1.64. The zero-order valence-corrected chi connectivity index (χ0v) is 21.7. The summed E-state index contributed by atoms with van der Waals surface area (Å²) in [6, 6.07) is 34.3. The standard InChI is InChI=1S/C31H28Cl2N2O/c1-36-29-17-16-23(20-26(29)30-27(32)14-8-15-28(30)33)21-35-19-9-18-31(22-34,24-10-4-2-5-11-24)25-12-6-3-7-13-25/h2-8,10-17,20,35H,9,18-19,21H2,1H3. The predicted molar refractivity (Wildman–Crippen MR) is 149 cm³/mol. The Hall–Kier alpha value is -3.29. The Morgan fingerprint density at radius 2 is 1.44 bits per heavy atom. The quantitative estimate of drug-likeness (QED) is 0.217. The molecule has 0 atom stereocenters. The van der Waals surface area contributed by atoms with E-state index < -0.39 is 5.41 Å². The number of nitrogens with one attached hydrogen (secondary N) is 1. The summed E-state index contributed by atoms with van der Waals surface area (Å²) in [5.41, 5.74) is 4.09. The summed E-state index contributed by atoms with van der Waals surface area (Å²) in [4.78, 5) is 0. The van der Waals surface area contributed by atoms with E-state index in [1.54, 1.807) is 7.11 Å². The lowest BCUT2D eigenvalue weighted by molar-refractivity contribution is 0.416. The van der Waals surface area contributed by atoms with Gasteiger partial charge in [-0.1, -0.05) is 96.0 Å². The van der Waals surface area contributed by atoms with E-state index >= 15 is 0 Å². The Morgan fingerprint density at radius 1 is 0.833 bits per heavy atom. The molecule has 0 aromatic heterocycles. The first-order valence-corrected chi connectivity index (χ1v) is 12.7. The zero-order chi connectivity index (χ0) is 25.4. The second-order valence-electron chi connectivity index (χ2n) is 8.66. The van der Waals surface area contributed by atoms with Crippen LogP contribution >= 0.6 is 23.2 Å². The number of halogens is 2. The van der Waals surface area contributed by atoms with Crippen LogP contribution in [0.1, 0.15) is 29.5 Å². The number of nitriles is 1. The van der Waals surface area contributed by atoms with Crippen LogP contribution in [0.4, 0.5) is 0 Å². The van der Waals surface area contributed by atoms with Crippen LogP contribution in [0.3, 0.4) is 0 Å². The molecule has 4 rings (SSSR count). The minimum absolute atomic E-state index is 0.584. The molecule has 0 saturated carbocycles. The topological polar surface area (TPSA) is 45.0 Å². The third-order valence-electron chi connectivity index (χ3n) is 6.45. The van der Waals surface area contributed by atoms with E-state index in [4.69, 9.17) is 27.9 Å². The molecule has 0 aliphatic rings. The second kappa shape index (κ2) is 12.1. The van der Waals surface area contributed by atoms with Crippen LogP contribution in [0.15, 0.2) is 97.1 Å². The minimum Gasteiger partial charge on any atom is -0.496 e. The van der Waals surface area contributed by atoms with E-state index in [2.05, 4.69) is 17.5 Å². The molecule has 0 heterocycles. The molecule has 1 N–H and O–H groups in total. The highest BCUT2D eigenvalue weighted by Crippen LogP contribution is 2.40. The summed E-state index contributed by atoms with van der Waals surface area (Å²) >= 11 is 12.9. The molecule has 0 unspecified atom stereocenters. The van der Waals surface area contributed by atoms with Crippen molar-refractivity contribution in [1.82, 2.24) is 5.32 Å². The fourth-order valence-corrected chi connectivity index (χ4v) is 5.21. The van der Waals surface area contributed by atoms with Gasteiger partial charge >= 0.3 is 0 Å². The first-order valence-electron chi connectivity index (χ1n) is 11.9. The molecule has 0 radical (unpaired) electrons. The number of hydrogen-bond donors (Lipinski definition) is 1. The number of ether oxygens (including phenoxy) is 1. The number of methoxy groups -OCH3 is 1. The molecule has 4 aromatic carbocycles. The molecule has 182 valence electrons. The molecular formula is C31H28Cl2N2O. The average molecular weight is 515 g/mol. The molecular weight excluding hydrogens is 487 g/mol. The summed E-state index contributed by atoms with van der Waals surface area (Å²) < 4.78 is 5.57. The number of hydrogen-bond acceptors (Lipinski definition) is 3. The predicted octanol–water partition coefficient (Wildman–Crippen LogP) is 8.05. The van der Waals surface area contributed by atoms with E-state index in [1.165, 1.54) is 0 Å². The van der Waals surface area contributed by atoms with Crippen LogP contribution in [0.25, 0.3) is 11.1 Å². The Morgan fingerprint density at radius 3 is 2.00 bits per heavy atom. The molecule has 5 heteroatoms. The lowest BCUT2D eigenvalue weighted by Gasteiger charge is -2.28. The van der Waals surface area contributed by atoms with Crippen LogP contribution in [-0.2, 0) is 12.0 Å². The molecule has 4 aromatic rings. The lowest BCUT2D eigenvalue weighted by Crippen LogP contribution is -2.27. The largest absolute Gasteiger partial charge is 0.496 e. The van der Waals surface area contributed by atoms with Gasteiger partial charge < -0.3 is 10.1 Å². The summed E-state index contributed by atoms with van der Waals surface area (Å²) in [6.07, 6.45) is 1.56. The molecule has 0 spiro atoms. The van der Waals surface area contributed by atoms with Gasteiger partial charge in [-0.15, -0.1) is 0 Å². The van der Waals surface area contributed by atoms with E-state index in [0.29, 0.717) is 23.0 Å². The zero-order valence-electron chi connectivity index (χ0n) is 20.2. The minimum atomic E-state index is -0.682. The van der Waals surface area contributed by atoms with Gasteiger partial charge in [0, 0.05) is 17.7 Å². The number of benzene rings is 4. The van der Waals surface area contributed by atoms with Crippen molar-refractivity contribution in [3.8, 4) is 22.9 Å². The second-order valence-corrected chi connectivity index (χ2v) is 9.48.